The van der Waals surface area contributed by atoms with Crippen LogP contribution in [0.25, 0.3) is 0 Å². The summed E-state index contributed by atoms with van der Waals surface area (Å²) in [6, 6.07) is -0.666. The van der Waals surface area contributed by atoms with Crippen LogP contribution in [0.15, 0.2) is 0 Å². The van der Waals surface area contributed by atoms with E-state index in [1.54, 1.807) is 0 Å². The zero-order valence-corrected chi connectivity index (χ0v) is 10.3. The van der Waals surface area contributed by atoms with Crippen LogP contribution in [0.3, 0.4) is 0 Å². The summed E-state index contributed by atoms with van der Waals surface area (Å²) in [5.74, 6) is -1.08. The topological polar surface area (TPSA) is 96.5 Å². The lowest BCUT2D eigenvalue weighted by molar-refractivity contribution is -0.121. The summed E-state index contributed by atoms with van der Waals surface area (Å²) in [6.45, 7) is 0.996. The van der Waals surface area contributed by atoms with Crippen LogP contribution >= 0.6 is 11.6 Å². The highest BCUT2D eigenvalue weighted by Crippen LogP contribution is 1.79. The van der Waals surface area contributed by atoms with E-state index in [1.165, 1.54) is 7.11 Å². The van der Waals surface area contributed by atoms with Gasteiger partial charge in [0.25, 0.3) is 0 Å². The van der Waals surface area contributed by atoms with E-state index in [9.17, 15) is 14.4 Å². The molecule has 0 aliphatic carbocycles. The summed E-state index contributed by atoms with van der Waals surface area (Å²) in [5, 5.41) is 6.92. The van der Waals surface area contributed by atoms with Crippen LogP contribution in [0.1, 0.15) is 6.42 Å². The Kier molecular flexibility index (Phi) is 9.08. The van der Waals surface area contributed by atoms with Crippen LogP contribution in [0.4, 0.5) is 4.79 Å². The first-order valence-electron chi connectivity index (χ1n) is 4.99. The van der Waals surface area contributed by atoms with Gasteiger partial charge in [0.15, 0.2) is 0 Å². The lowest BCUT2D eigenvalue weighted by Crippen LogP contribution is -2.41. The number of urea groups is 1. The van der Waals surface area contributed by atoms with E-state index >= 15 is 0 Å². The van der Waals surface area contributed by atoms with Crippen molar-refractivity contribution in [3.05, 3.63) is 0 Å². The van der Waals surface area contributed by atoms with E-state index < -0.39 is 11.9 Å². The number of alkyl halides is 1. The van der Waals surface area contributed by atoms with Gasteiger partial charge in [0.1, 0.15) is 5.88 Å². The zero-order valence-electron chi connectivity index (χ0n) is 9.55. The molecule has 0 heterocycles. The number of imide groups is 1. The molecule has 0 spiro atoms. The van der Waals surface area contributed by atoms with Crippen molar-refractivity contribution < 1.29 is 19.1 Å². The van der Waals surface area contributed by atoms with Gasteiger partial charge in [-0.05, 0) is 0 Å². The van der Waals surface area contributed by atoms with Crippen LogP contribution in [0.5, 0.6) is 0 Å². The molecule has 8 heteroatoms. The third-order valence-corrected chi connectivity index (χ3v) is 1.88. The molecular weight excluding hydrogens is 250 g/mol. The molecule has 3 N–H and O–H groups in total. The maximum absolute atomic E-state index is 11.2. The minimum atomic E-state index is -0.666. The Labute approximate surface area is 104 Å². The first-order valence-corrected chi connectivity index (χ1v) is 5.53. The number of amides is 4. The van der Waals surface area contributed by atoms with Crippen molar-refractivity contribution in [1.82, 2.24) is 16.0 Å². The average Bonchev–Trinajstić information content (AvgIpc) is 2.29. The molecule has 0 unspecified atom stereocenters. The van der Waals surface area contributed by atoms with Gasteiger partial charge in [-0.15, -0.1) is 11.6 Å². The Bertz CT molecular complexity index is 273. The van der Waals surface area contributed by atoms with Crippen molar-refractivity contribution in [2.45, 2.75) is 6.42 Å². The summed E-state index contributed by atoms with van der Waals surface area (Å²) in [5.41, 5.74) is 0. The molecule has 4 amide bonds. The monoisotopic (exact) mass is 265 g/mol. The molecule has 0 saturated carbocycles. The number of ether oxygens (including phenoxy) is 1. The summed E-state index contributed by atoms with van der Waals surface area (Å²) in [7, 11) is 1.53. The fourth-order valence-electron chi connectivity index (χ4n) is 0.875. The first-order chi connectivity index (χ1) is 8.10. The number of carbonyl (C=O) groups excluding carboxylic acids is 3. The maximum atomic E-state index is 11.2. The molecule has 17 heavy (non-hydrogen) atoms. The van der Waals surface area contributed by atoms with Gasteiger partial charge in [-0.2, -0.15) is 0 Å². The average molecular weight is 266 g/mol. The number of nitrogens with one attached hydrogen (secondary N) is 3. The van der Waals surface area contributed by atoms with Gasteiger partial charge in [-0.3, -0.25) is 14.9 Å². The quantitative estimate of drug-likeness (QED) is 0.415. The van der Waals surface area contributed by atoms with Crippen molar-refractivity contribution in [2.24, 2.45) is 0 Å². The minimum absolute atomic E-state index is 0.131. The van der Waals surface area contributed by atoms with Gasteiger partial charge in [-0.25, -0.2) is 4.79 Å². The van der Waals surface area contributed by atoms with Crippen molar-refractivity contribution in [1.29, 1.82) is 0 Å². The molecule has 0 bridgehead atoms. The first kappa shape index (κ1) is 15.7. The molecule has 0 saturated heterocycles. The number of carbonyl (C=O) groups is 3. The zero-order chi connectivity index (χ0) is 13.1. The van der Waals surface area contributed by atoms with Crippen molar-refractivity contribution in [3.63, 3.8) is 0 Å². The highest BCUT2D eigenvalue weighted by Gasteiger charge is 2.06. The predicted octanol–water partition coefficient (Wildman–Crippen LogP) is -0.796. The second kappa shape index (κ2) is 9.86. The fraction of sp³-hybridized carbons (Fsp3) is 0.667. The molecule has 0 atom stereocenters. The number of halogens is 1. The van der Waals surface area contributed by atoms with E-state index in [-0.39, 0.29) is 24.8 Å². The highest BCUT2D eigenvalue weighted by atomic mass is 35.5. The lowest BCUT2D eigenvalue weighted by Gasteiger charge is -2.06. The smallest absolute Gasteiger partial charge is 0.321 e. The molecule has 98 valence electrons. The molecule has 0 aromatic heterocycles. The van der Waals surface area contributed by atoms with E-state index in [0.29, 0.717) is 13.2 Å². The standard InChI is InChI=1S/C9H16ClN3O4/c1-17-5-4-11-7(14)2-3-12-9(16)13-8(15)6-10/h2-6H2,1H3,(H,11,14)(H2,12,13,15,16). The van der Waals surface area contributed by atoms with E-state index in [4.69, 9.17) is 16.3 Å². The third-order valence-electron chi connectivity index (χ3n) is 1.64. The molecule has 0 aliphatic heterocycles. The molecule has 0 aromatic carbocycles. The third kappa shape index (κ3) is 9.58. The van der Waals surface area contributed by atoms with E-state index in [0.717, 1.165) is 0 Å². The highest BCUT2D eigenvalue weighted by molar-refractivity contribution is 6.28. The summed E-state index contributed by atoms with van der Waals surface area (Å²) in [6.07, 6.45) is 0.131. The van der Waals surface area contributed by atoms with Gasteiger partial charge < -0.3 is 15.4 Å². The van der Waals surface area contributed by atoms with Gasteiger partial charge in [-0.1, -0.05) is 0 Å². The summed E-state index contributed by atoms with van der Waals surface area (Å²) >= 11 is 5.18. The number of rotatable bonds is 7. The Balaban J connectivity index is 3.52. The van der Waals surface area contributed by atoms with Crippen molar-refractivity contribution in [3.8, 4) is 0 Å². The molecule has 7 nitrogen and oxygen atoms in total. The van der Waals surface area contributed by atoms with Crippen LogP contribution in [-0.2, 0) is 14.3 Å². The number of hydrogen-bond donors (Lipinski definition) is 3. The van der Waals surface area contributed by atoms with E-state index in [1.807, 2.05) is 5.32 Å². The summed E-state index contributed by atoms with van der Waals surface area (Å²) < 4.78 is 4.75. The lowest BCUT2D eigenvalue weighted by atomic mass is 10.4. The maximum Gasteiger partial charge on any atom is 0.321 e. The van der Waals surface area contributed by atoms with Crippen LogP contribution < -0.4 is 16.0 Å². The van der Waals surface area contributed by atoms with Crippen LogP contribution in [0, 0.1) is 0 Å². The van der Waals surface area contributed by atoms with Gasteiger partial charge in [0.2, 0.25) is 11.8 Å². The second-order valence-electron chi connectivity index (χ2n) is 3.03. The second-order valence-corrected chi connectivity index (χ2v) is 3.30. The molecular formula is C9H16ClN3O4. The molecule has 0 radical (unpaired) electrons. The largest absolute Gasteiger partial charge is 0.383 e. The molecule has 0 rings (SSSR count). The fourth-order valence-corrected chi connectivity index (χ4v) is 0.942. The molecule has 0 aliphatic rings. The SMILES string of the molecule is COCCNC(=O)CCNC(=O)NC(=O)CCl. The molecule has 0 fully saturated rings. The van der Waals surface area contributed by atoms with Gasteiger partial charge in [0.05, 0.1) is 6.61 Å². The Morgan fingerprint density at radius 3 is 2.41 bits per heavy atom. The Morgan fingerprint density at radius 1 is 1.12 bits per heavy atom. The van der Waals surface area contributed by atoms with Crippen molar-refractivity contribution >= 4 is 29.4 Å². The minimum Gasteiger partial charge on any atom is -0.383 e. The summed E-state index contributed by atoms with van der Waals surface area (Å²) in [4.78, 5) is 32.8. The van der Waals surface area contributed by atoms with Gasteiger partial charge >= 0.3 is 6.03 Å². The Morgan fingerprint density at radius 2 is 1.82 bits per heavy atom. The molecule has 0 aromatic rings. The van der Waals surface area contributed by atoms with Gasteiger partial charge in [0, 0.05) is 26.6 Å². The van der Waals surface area contributed by atoms with E-state index in [2.05, 4.69) is 10.6 Å². The van der Waals surface area contributed by atoms with Crippen LogP contribution in [0.2, 0.25) is 0 Å². The van der Waals surface area contributed by atoms with Crippen LogP contribution in [-0.4, -0.2) is 50.5 Å². The predicted molar refractivity (Wildman–Crippen MR) is 61.8 cm³/mol. The number of methoxy groups -OCH3 is 1. The number of hydrogen-bond acceptors (Lipinski definition) is 4. The normalized spacial score (nSPS) is 9.53. The van der Waals surface area contributed by atoms with Crippen molar-refractivity contribution in [2.75, 3.05) is 32.7 Å². The Hall–Kier alpha value is -1.34.